The molecule has 0 heterocycles. The third-order valence-electron chi connectivity index (χ3n) is 5.24. The predicted octanol–water partition coefficient (Wildman–Crippen LogP) is 5.44. The van der Waals surface area contributed by atoms with Gasteiger partial charge in [0.25, 0.3) is 0 Å². The van der Waals surface area contributed by atoms with Crippen LogP contribution in [0, 0.1) is 0 Å². The van der Waals surface area contributed by atoms with Crippen LogP contribution in [0.15, 0.2) is 60.7 Å². The van der Waals surface area contributed by atoms with E-state index in [1.165, 1.54) is 0 Å². The number of carbonyl (C=O) groups excluding carboxylic acids is 4. The summed E-state index contributed by atoms with van der Waals surface area (Å²) in [6.07, 6.45) is 4.52. The van der Waals surface area contributed by atoms with E-state index >= 15 is 0 Å². The quantitative estimate of drug-likeness (QED) is 0.136. The lowest BCUT2D eigenvalue weighted by molar-refractivity contribution is -0.159. The molecule has 0 fully saturated rings. The monoisotopic (exact) mass is 482 g/mol. The van der Waals surface area contributed by atoms with Crippen molar-refractivity contribution in [3.05, 3.63) is 71.8 Å². The van der Waals surface area contributed by atoms with Gasteiger partial charge in [0.2, 0.25) is 0 Å². The fourth-order valence-electron chi connectivity index (χ4n) is 3.28. The van der Waals surface area contributed by atoms with Gasteiger partial charge in [0.05, 0.1) is 0 Å². The van der Waals surface area contributed by atoms with Crippen LogP contribution >= 0.6 is 0 Å². The minimum atomic E-state index is -0.550. The zero-order chi connectivity index (χ0) is 25.1. The highest BCUT2D eigenvalue weighted by Gasteiger charge is 2.11. The van der Waals surface area contributed by atoms with Crippen molar-refractivity contribution in [2.24, 2.45) is 0 Å². The SMILES string of the molecule is O=C(CCCCCC(=O)OC(=O)CCCCCC(=O)OCc1ccccc1)OCc1ccccc1. The molecule has 0 saturated heterocycles. The molecule has 7 heteroatoms. The van der Waals surface area contributed by atoms with Crippen molar-refractivity contribution in [3.63, 3.8) is 0 Å². The van der Waals surface area contributed by atoms with Crippen LogP contribution in [0.3, 0.4) is 0 Å². The first-order chi connectivity index (χ1) is 17.0. The van der Waals surface area contributed by atoms with Crippen LogP contribution in [0.4, 0.5) is 0 Å². The molecular weight excluding hydrogens is 448 g/mol. The third-order valence-corrected chi connectivity index (χ3v) is 5.24. The molecule has 0 radical (unpaired) electrons. The predicted molar refractivity (Wildman–Crippen MR) is 130 cm³/mol. The lowest BCUT2D eigenvalue weighted by Gasteiger charge is -2.06. The summed E-state index contributed by atoms with van der Waals surface area (Å²) in [5, 5.41) is 0. The maximum Gasteiger partial charge on any atom is 0.313 e. The Balaban J connectivity index is 1.40. The highest BCUT2D eigenvalue weighted by atomic mass is 16.6. The number of unbranched alkanes of at least 4 members (excludes halogenated alkanes) is 4. The van der Waals surface area contributed by atoms with Gasteiger partial charge in [-0.2, -0.15) is 0 Å². The van der Waals surface area contributed by atoms with E-state index in [-0.39, 0.29) is 38.0 Å². The van der Waals surface area contributed by atoms with Crippen molar-refractivity contribution in [1.82, 2.24) is 0 Å². The van der Waals surface area contributed by atoms with Gasteiger partial charge < -0.3 is 14.2 Å². The topological polar surface area (TPSA) is 96.0 Å². The van der Waals surface area contributed by atoms with Gasteiger partial charge in [0, 0.05) is 25.7 Å². The Bertz CT molecular complexity index is 834. The maximum absolute atomic E-state index is 11.8. The Hall–Kier alpha value is -3.48. The summed E-state index contributed by atoms with van der Waals surface area (Å²) in [6, 6.07) is 18.9. The van der Waals surface area contributed by atoms with E-state index in [4.69, 9.17) is 14.2 Å². The first kappa shape index (κ1) is 27.8. The first-order valence-corrected chi connectivity index (χ1v) is 12.2. The number of benzene rings is 2. The molecule has 0 amide bonds. The molecule has 2 aromatic carbocycles. The van der Waals surface area contributed by atoms with E-state index in [0.29, 0.717) is 51.4 Å². The molecule has 0 unspecified atom stereocenters. The Kier molecular flexibility index (Phi) is 13.5. The molecule has 0 aliphatic carbocycles. The van der Waals surface area contributed by atoms with Gasteiger partial charge in [-0.1, -0.05) is 73.5 Å². The number of hydrogen-bond acceptors (Lipinski definition) is 7. The smallest absolute Gasteiger partial charge is 0.313 e. The molecular formula is C28H34O7. The lowest BCUT2D eigenvalue weighted by Crippen LogP contribution is -2.12. The average Bonchev–Trinajstić information content (AvgIpc) is 2.87. The Labute approximate surface area is 206 Å². The number of esters is 4. The summed E-state index contributed by atoms with van der Waals surface area (Å²) in [5.41, 5.74) is 1.88. The van der Waals surface area contributed by atoms with Gasteiger partial charge in [-0.15, -0.1) is 0 Å². The van der Waals surface area contributed by atoms with Crippen molar-refractivity contribution in [2.45, 2.75) is 77.4 Å². The fourth-order valence-corrected chi connectivity index (χ4v) is 3.28. The summed E-state index contributed by atoms with van der Waals surface area (Å²) in [4.78, 5) is 47.1. The van der Waals surface area contributed by atoms with E-state index in [9.17, 15) is 19.2 Å². The normalized spacial score (nSPS) is 10.4. The summed E-state index contributed by atoms with van der Waals surface area (Å²) >= 11 is 0. The van der Waals surface area contributed by atoms with Crippen molar-refractivity contribution in [1.29, 1.82) is 0 Å². The number of carbonyl (C=O) groups is 4. The van der Waals surface area contributed by atoms with E-state index in [0.717, 1.165) is 11.1 Å². The lowest BCUT2D eigenvalue weighted by atomic mass is 10.1. The number of ether oxygens (including phenoxy) is 3. The molecule has 0 atom stereocenters. The maximum atomic E-state index is 11.8. The van der Waals surface area contributed by atoms with Crippen LogP contribution in [-0.2, 0) is 46.6 Å². The second-order valence-electron chi connectivity index (χ2n) is 8.26. The van der Waals surface area contributed by atoms with Crippen LogP contribution in [-0.4, -0.2) is 23.9 Å². The zero-order valence-electron chi connectivity index (χ0n) is 20.1. The van der Waals surface area contributed by atoms with Crippen molar-refractivity contribution >= 4 is 23.9 Å². The molecule has 0 aliphatic rings. The summed E-state index contributed by atoms with van der Waals surface area (Å²) in [6.45, 7) is 0.513. The fraction of sp³-hybridized carbons (Fsp3) is 0.429. The van der Waals surface area contributed by atoms with Gasteiger partial charge in [0.1, 0.15) is 13.2 Å². The summed E-state index contributed by atoms with van der Waals surface area (Å²) in [7, 11) is 0. The standard InChI is InChI=1S/C28H34O7/c29-25(33-21-23-13-5-1-6-14-23)17-9-3-11-19-27(31)35-28(32)20-12-4-10-18-26(30)34-22-24-15-7-2-8-16-24/h1-2,5-8,13-16H,3-4,9-12,17-22H2. The van der Waals surface area contributed by atoms with E-state index in [1.54, 1.807) is 0 Å². The molecule has 0 spiro atoms. The molecule has 0 saturated carbocycles. The highest BCUT2D eigenvalue weighted by molar-refractivity contribution is 5.85. The van der Waals surface area contributed by atoms with E-state index in [1.807, 2.05) is 60.7 Å². The molecule has 35 heavy (non-hydrogen) atoms. The van der Waals surface area contributed by atoms with Crippen LogP contribution in [0.1, 0.15) is 75.3 Å². The van der Waals surface area contributed by atoms with Gasteiger partial charge in [-0.25, -0.2) is 0 Å². The molecule has 7 nitrogen and oxygen atoms in total. The summed E-state index contributed by atoms with van der Waals surface area (Å²) in [5.74, 6) is -1.63. The van der Waals surface area contributed by atoms with Crippen molar-refractivity contribution in [3.8, 4) is 0 Å². The van der Waals surface area contributed by atoms with Crippen molar-refractivity contribution in [2.75, 3.05) is 0 Å². The molecule has 0 aromatic heterocycles. The van der Waals surface area contributed by atoms with Gasteiger partial charge >= 0.3 is 23.9 Å². The van der Waals surface area contributed by atoms with Gasteiger partial charge in [-0.3, -0.25) is 19.2 Å². The molecule has 188 valence electrons. The largest absolute Gasteiger partial charge is 0.461 e. The van der Waals surface area contributed by atoms with Gasteiger partial charge in [-0.05, 0) is 36.8 Å². The van der Waals surface area contributed by atoms with Gasteiger partial charge in [0.15, 0.2) is 0 Å². The highest BCUT2D eigenvalue weighted by Crippen LogP contribution is 2.10. The third kappa shape index (κ3) is 13.7. The van der Waals surface area contributed by atoms with Crippen LogP contribution in [0.25, 0.3) is 0 Å². The minimum absolute atomic E-state index is 0.137. The molecule has 0 bridgehead atoms. The number of rotatable bonds is 16. The van der Waals surface area contributed by atoms with Crippen molar-refractivity contribution < 1.29 is 33.4 Å². The molecule has 0 aliphatic heterocycles. The second kappa shape index (κ2) is 17.0. The Morgan fingerprint density at radius 1 is 0.457 bits per heavy atom. The zero-order valence-corrected chi connectivity index (χ0v) is 20.1. The Morgan fingerprint density at radius 3 is 1.17 bits per heavy atom. The Morgan fingerprint density at radius 2 is 0.800 bits per heavy atom. The van der Waals surface area contributed by atoms with Crippen LogP contribution in [0.5, 0.6) is 0 Å². The van der Waals surface area contributed by atoms with Crippen LogP contribution in [0.2, 0.25) is 0 Å². The second-order valence-corrected chi connectivity index (χ2v) is 8.26. The molecule has 2 aromatic rings. The van der Waals surface area contributed by atoms with E-state index in [2.05, 4.69) is 0 Å². The average molecular weight is 483 g/mol. The molecule has 2 rings (SSSR count). The minimum Gasteiger partial charge on any atom is -0.461 e. The number of hydrogen-bond donors (Lipinski definition) is 0. The van der Waals surface area contributed by atoms with Crippen LogP contribution < -0.4 is 0 Å². The molecule has 0 N–H and O–H groups in total. The van der Waals surface area contributed by atoms with E-state index < -0.39 is 11.9 Å². The first-order valence-electron chi connectivity index (χ1n) is 12.2. The summed E-state index contributed by atoms with van der Waals surface area (Å²) < 4.78 is 15.2.